The van der Waals surface area contributed by atoms with Crippen molar-refractivity contribution >= 4 is 17.4 Å². The maximum absolute atomic E-state index is 13.0. The standard InChI is InChI=1S/C21H21FN4O3/c1-25(18-6-7-19(23-13-18)26-8-10-28-11-9-26)20(27)12-17-14-29-21(24-17)15-2-4-16(22)5-3-15/h2-7,13-14H,8-12H2,1H3. The molecule has 29 heavy (non-hydrogen) atoms. The van der Waals surface area contributed by atoms with Gasteiger partial charge in [0.2, 0.25) is 11.8 Å². The number of morpholine rings is 1. The highest BCUT2D eigenvalue weighted by Crippen LogP contribution is 2.21. The van der Waals surface area contributed by atoms with Gasteiger partial charge in [-0.1, -0.05) is 0 Å². The number of aromatic nitrogens is 2. The molecule has 3 heterocycles. The Hall–Kier alpha value is -3.26. The maximum atomic E-state index is 13.0. The van der Waals surface area contributed by atoms with Crippen molar-refractivity contribution in [3.05, 3.63) is 60.4 Å². The van der Waals surface area contributed by atoms with E-state index in [4.69, 9.17) is 9.15 Å². The van der Waals surface area contributed by atoms with Gasteiger partial charge in [0.25, 0.3) is 0 Å². The second kappa shape index (κ2) is 8.40. The summed E-state index contributed by atoms with van der Waals surface area (Å²) >= 11 is 0. The van der Waals surface area contributed by atoms with Crippen LogP contribution in [0.2, 0.25) is 0 Å². The van der Waals surface area contributed by atoms with Crippen LogP contribution in [0.4, 0.5) is 15.9 Å². The number of amides is 1. The first-order valence-electron chi connectivity index (χ1n) is 9.36. The smallest absolute Gasteiger partial charge is 0.232 e. The van der Waals surface area contributed by atoms with Crippen LogP contribution >= 0.6 is 0 Å². The van der Waals surface area contributed by atoms with Crippen molar-refractivity contribution in [1.29, 1.82) is 0 Å². The van der Waals surface area contributed by atoms with E-state index >= 15 is 0 Å². The summed E-state index contributed by atoms with van der Waals surface area (Å²) in [6.07, 6.45) is 3.23. The number of halogens is 1. The van der Waals surface area contributed by atoms with Crippen molar-refractivity contribution in [1.82, 2.24) is 9.97 Å². The third-order valence-electron chi connectivity index (χ3n) is 4.80. The number of hydrogen-bond donors (Lipinski definition) is 0. The number of likely N-dealkylation sites (N-methyl/N-ethyl adjacent to an activating group) is 1. The summed E-state index contributed by atoms with van der Waals surface area (Å²) in [6.45, 7) is 3.01. The molecule has 1 fully saturated rings. The largest absolute Gasteiger partial charge is 0.444 e. The maximum Gasteiger partial charge on any atom is 0.232 e. The number of pyridine rings is 1. The molecule has 0 aliphatic carbocycles. The van der Waals surface area contributed by atoms with E-state index in [0.717, 1.165) is 18.9 Å². The number of rotatable bonds is 5. The van der Waals surface area contributed by atoms with E-state index in [1.807, 2.05) is 12.1 Å². The Kier molecular flexibility index (Phi) is 5.53. The predicted octanol–water partition coefficient (Wildman–Crippen LogP) is 2.92. The Balaban J connectivity index is 1.40. The van der Waals surface area contributed by atoms with Crippen molar-refractivity contribution in [3.8, 4) is 11.5 Å². The van der Waals surface area contributed by atoms with E-state index in [-0.39, 0.29) is 18.1 Å². The molecule has 4 rings (SSSR count). The quantitative estimate of drug-likeness (QED) is 0.660. The van der Waals surface area contributed by atoms with E-state index < -0.39 is 0 Å². The molecular weight excluding hydrogens is 375 g/mol. The summed E-state index contributed by atoms with van der Waals surface area (Å²) in [5.41, 5.74) is 1.87. The van der Waals surface area contributed by atoms with Gasteiger partial charge in [0.15, 0.2) is 0 Å². The minimum Gasteiger partial charge on any atom is -0.444 e. The predicted molar refractivity (Wildman–Crippen MR) is 106 cm³/mol. The Morgan fingerprint density at radius 2 is 1.93 bits per heavy atom. The Morgan fingerprint density at radius 3 is 2.62 bits per heavy atom. The lowest BCUT2D eigenvalue weighted by Gasteiger charge is -2.28. The van der Waals surface area contributed by atoms with Crippen LogP contribution in [0.5, 0.6) is 0 Å². The molecule has 2 aromatic heterocycles. The summed E-state index contributed by atoms with van der Waals surface area (Å²) in [7, 11) is 1.70. The average Bonchev–Trinajstić information content (AvgIpc) is 3.23. The zero-order chi connectivity index (χ0) is 20.2. The Labute approximate surface area is 167 Å². The average molecular weight is 396 g/mol. The van der Waals surface area contributed by atoms with Crippen molar-refractivity contribution in [2.75, 3.05) is 43.2 Å². The van der Waals surface area contributed by atoms with Crippen LogP contribution in [0.25, 0.3) is 11.5 Å². The van der Waals surface area contributed by atoms with Crippen LogP contribution in [-0.4, -0.2) is 49.2 Å². The molecule has 3 aromatic rings. The molecule has 0 saturated carbocycles. The van der Waals surface area contributed by atoms with Crippen molar-refractivity contribution in [2.24, 2.45) is 0 Å². The molecule has 0 bridgehead atoms. The van der Waals surface area contributed by atoms with Crippen LogP contribution in [0.15, 0.2) is 53.3 Å². The van der Waals surface area contributed by atoms with E-state index in [1.165, 1.54) is 18.4 Å². The first kappa shape index (κ1) is 19.1. The van der Waals surface area contributed by atoms with Crippen LogP contribution in [0.1, 0.15) is 5.69 Å². The zero-order valence-electron chi connectivity index (χ0n) is 16.0. The van der Waals surface area contributed by atoms with Crippen LogP contribution in [0, 0.1) is 5.82 Å². The number of hydrogen-bond acceptors (Lipinski definition) is 6. The van der Waals surface area contributed by atoms with Gasteiger partial charge in [0.05, 0.1) is 37.2 Å². The molecule has 1 aromatic carbocycles. The number of carbonyl (C=O) groups excluding carboxylic acids is 1. The van der Waals surface area contributed by atoms with Crippen LogP contribution in [-0.2, 0) is 16.0 Å². The summed E-state index contributed by atoms with van der Waals surface area (Å²) < 4.78 is 23.8. The topological polar surface area (TPSA) is 71.7 Å². The molecule has 0 spiro atoms. The summed E-state index contributed by atoms with van der Waals surface area (Å²) in [5, 5.41) is 0. The highest BCUT2D eigenvalue weighted by atomic mass is 19.1. The molecule has 150 valence electrons. The van der Waals surface area contributed by atoms with Gasteiger partial charge >= 0.3 is 0 Å². The molecule has 0 N–H and O–H groups in total. The normalized spacial score (nSPS) is 14.1. The monoisotopic (exact) mass is 396 g/mol. The van der Waals surface area contributed by atoms with Gasteiger partial charge in [-0.2, -0.15) is 0 Å². The molecule has 0 radical (unpaired) electrons. The molecule has 1 saturated heterocycles. The highest BCUT2D eigenvalue weighted by Gasteiger charge is 2.17. The lowest BCUT2D eigenvalue weighted by atomic mass is 10.2. The Morgan fingerprint density at radius 1 is 1.17 bits per heavy atom. The van der Waals surface area contributed by atoms with Gasteiger partial charge < -0.3 is 19.0 Å². The SMILES string of the molecule is CN(C(=O)Cc1coc(-c2ccc(F)cc2)n1)c1ccc(N2CCOCC2)nc1. The minimum absolute atomic E-state index is 0.0897. The fourth-order valence-corrected chi connectivity index (χ4v) is 3.09. The van der Waals surface area contributed by atoms with Crippen molar-refractivity contribution in [3.63, 3.8) is 0 Å². The second-order valence-electron chi connectivity index (χ2n) is 6.75. The number of nitrogens with zero attached hydrogens (tertiary/aromatic N) is 4. The van der Waals surface area contributed by atoms with Crippen LogP contribution in [0.3, 0.4) is 0 Å². The minimum atomic E-state index is -0.328. The Bertz CT molecular complexity index is 966. The van der Waals surface area contributed by atoms with Crippen molar-refractivity contribution < 1.29 is 18.3 Å². The fraction of sp³-hybridized carbons (Fsp3) is 0.286. The van der Waals surface area contributed by atoms with Gasteiger partial charge in [0.1, 0.15) is 17.9 Å². The van der Waals surface area contributed by atoms with E-state index in [0.29, 0.717) is 36.0 Å². The second-order valence-corrected chi connectivity index (χ2v) is 6.75. The van der Waals surface area contributed by atoms with E-state index in [2.05, 4.69) is 14.9 Å². The number of anilines is 2. The molecule has 1 amide bonds. The number of ether oxygens (including phenoxy) is 1. The molecule has 1 aliphatic heterocycles. The van der Waals surface area contributed by atoms with Gasteiger partial charge in [-0.05, 0) is 36.4 Å². The fourth-order valence-electron chi connectivity index (χ4n) is 3.09. The molecule has 0 unspecified atom stereocenters. The summed E-state index contributed by atoms with van der Waals surface area (Å²) in [4.78, 5) is 25.1. The molecule has 0 atom stereocenters. The van der Waals surface area contributed by atoms with Crippen molar-refractivity contribution in [2.45, 2.75) is 6.42 Å². The van der Waals surface area contributed by atoms with Crippen LogP contribution < -0.4 is 9.80 Å². The summed E-state index contributed by atoms with van der Waals surface area (Å²) in [5.74, 6) is 0.765. The molecule has 8 heteroatoms. The zero-order valence-corrected chi connectivity index (χ0v) is 16.0. The van der Waals surface area contributed by atoms with Gasteiger partial charge in [-0.25, -0.2) is 14.4 Å². The number of oxazole rings is 1. The first-order chi connectivity index (χ1) is 14.1. The number of benzene rings is 1. The third-order valence-corrected chi connectivity index (χ3v) is 4.80. The van der Waals surface area contributed by atoms with E-state index in [1.54, 1.807) is 30.3 Å². The number of carbonyl (C=O) groups is 1. The van der Waals surface area contributed by atoms with Gasteiger partial charge in [-0.15, -0.1) is 0 Å². The third kappa shape index (κ3) is 4.43. The molecule has 1 aliphatic rings. The lowest BCUT2D eigenvalue weighted by molar-refractivity contribution is -0.117. The van der Waals surface area contributed by atoms with Gasteiger partial charge in [0, 0.05) is 25.7 Å². The lowest BCUT2D eigenvalue weighted by Crippen LogP contribution is -2.36. The summed E-state index contributed by atoms with van der Waals surface area (Å²) in [6, 6.07) is 9.63. The molecular formula is C21H21FN4O3. The van der Waals surface area contributed by atoms with Gasteiger partial charge in [-0.3, -0.25) is 4.79 Å². The highest BCUT2D eigenvalue weighted by molar-refractivity contribution is 5.94. The first-order valence-corrected chi connectivity index (χ1v) is 9.36. The van der Waals surface area contributed by atoms with E-state index in [9.17, 15) is 9.18 Å². The molecule has 7 nitrogen and oxygen atoms in total.